The molecule has 0 spiro atoms. The molecule has 0 aliphatic carbocycles. The Hall–Kier alpha value is -2.24. The van der Waals surface area contributed by atoms with E-state index in [2.05, 4.69) is 5.32 Å². The monoisotopic (exact) mass is 332 g/mol. The molecule has 3 rings (SSSR count). The first-order valence-electron chi connectivity index (χ1n) is 7.15. The van der Waals surface area contributed by atoms with Crippen LogP contribution >= 0.6 is 11.6 Å². The molecule has 1 aliphatic rings. The molecule has 0 bridgehead atoms. The first-order chi connectivity index (χ1) is 11.0. The largest absolute Gasteiger partial charge is 0.301 e. The number of hydrogen-bond acceptors (Lipinski definition) is 3. The van der Waals surface area contributed by atoms with E-state index in [9.17, 15) is 14.0 Å². The van der Waals surface area contributed by atoms with Crippen molar-refractivity contribution in [3.05, 3.63) is 64.9 Å². The van der Waals surface area contributed by atoms with Crippen LogP contribution in [0.1, 0.15) is 12.0 Å². The van der Waals surface area contributed by atoms with E-state index in [1.54, 1.807) is 36.4 Å². The second-order valence-corrected chi connectivity index (χ2v) is 5.74. The lowest BCUT2D eigenvalue weighted by Crippen LogP contribution is -2.38. The molecule has 23 heavy (non-hydrogen) atoms. The summed E-state index contributed by atoms with van der Waals surface area (Å²) in [4.78, 5) is 25.7. The van der Waals surface area contributed by atoms with Crippen molar-refractivity contribution in [1.82, 2.24) is 5.32 Å². The van der Waals surface area contributed by atoms with Gasteiger partial charge in [0.15, 0.2) is 0 Å². The van der Waals surface area contributed by atoms with Gasteiger partial charge in [0, 0.05) is 11.6 Å². The van der Waals surface area contributed by atoms with Crippen LogP contribution in [0.25, 0.3) is 0 Å². The van der Waals surface area contributed by atoms with E-state index < -0.39 is 6.04 Å². The van der Waals surface area contributed by atoms with Gasteiger partial charge >= 0.3 is 0 Å². The molecule has 0 radical (unpaired) electrons. The van der Waals surface area contributed by atoms with Crippen molar-refractivity contribution in [1.29, 1.82) is 0 Å². The summed E-state index contributed by atoms with van der Waals surface area (Å²) in [5.74, 6) is -0.858. The molecule has 1 atom stereocenters. The maximum atomic E-state index is 12.9. The van der Waals surface area contributed by atoms with Crippen LogP contribution in [0.5, 0.6) is 0 Å². The van der Waals surface area contributed by atoms with Crippen molar-refractivity contribution >= 4 is 29.1 Å². The number of amides is 2. The zero-order valence-electron chi connectivity index (χ0n) is 12.1. The predicted molar refractivity (Wildman–Crippen MR) is 85.6 cm³/mol. The molecule has 0 saturated carbocycles. The summed E-state index contributed by atoms with van der Waals surface area (Å²) in [5.41, 5.74) is 1.35. The summed E-state index contributed by atoms with van der Waals surface area (Å²) in [6, 6.07) is 12.0. The summed E-state index contributed by atoms with van der Waals surface area (Å²) in [5, 5.41) is 3.59. The number of anilines is 1. The lowest BCUT2D eigenvalue weighted by molar-refractivity contribution is -0.121. The van der Waals surface area contributed by atoms with Gasteiger partial charge in [-0.15, -0.1) is 0 Å². The minimum atomic E-state index is -0.580. The zero-order chi connectivity index (χ0) is 16.4. The second-order valence-electron chi connectivity index (χ2n) is 5.31. The van der Waals surface area contributed by atoms with E-state index in [-0.39, 0.29) is 24.1 Å². The first kappa shape index (κ1) is 15.6. The summed E-state index contributed by atoms with van der Waals surface area (Å²) in [7, 11) is 0. The summed E-state index contributed by atoms with van der Waals surface area (Å²) in [6.07, 6.45) is 0.0999. The molecule has 2 amide bonds. The van der Waals surface area contributed by atoms with Gasteiger partial charge < -0.3 is 5.32 Å². The smallest absolute Gasteiger partial charge is 0.251 e. The van der Waals surface area contributed by atoms with Crippen LogP contribution in [-0.2, 0) is 16.1 Å². The van der Waals surface area contributed by atoms with E-state index in [1.165, 1.54) is 17.0 Å². The number of hydrogen-bond donors (Lipinski definition) is 1. The average Bonchev–Trinajstić information content (AvgIpc) is 2.82. The van der Waals surface area contributed by atoms with Crippen molar-refractivity contribution in [2.45, 2.75) is 19.0 Å². The molecular weight excluding hydrogens is 319 g/mol. The number of rotatable bonds is 4. The number of benzene rings is 2. The van der Waals surface area contributed by atoms with Gasteiger partial charge in [-0.2, -0.15) is 0 Å². The van der Waals surface area contributed by atoms with Crippen LogP contribution in [0.4, 0.5) is 10.1 Å². The van der Waals surface area contributed by atoms with Crippen LogP contribution in [-0.4, -0.2) is 17.9 Å². The first-order valence-corrected chi connectivity index (χ1v) is 7.52. The maximum Gasteiger partial charge on any atom is 0.251 e. The zero-order valence-corrected chi connectivity index (χ0v) is 12.9. The predicted octanol–water partition coefficient (Wildman–Crippen LogP) is 2.90. The Kier molecular flexibility index (Phi) is 4.41. The molecule has 0 aromatic heterocycles. The highest BCUT2D eigenvalue weighted by Crippen LogP contribution is 2.24. The van der Waals surface area contributed by atoms with E-state index in [4.69, 9.17) is 11.6 Å². The highest BCUT2D eigenvalue weighted by atomic mass is 35.5. The highest BCUT2D eigenvalue weighted by molar-refractivity contribution is 6.30. The van der Waals surface area contributed by atoms with Gasteiger partial charge in [-0.3, -0.25) is 9.59 Å². The van der Waals surface area contributed by atoms with Gasteiger partial charge in [0.1, 0.15) is 5.82 Å². The normalized spacial score (nSPS) is 17.8. The van der Waals surface area contributed by atoms with Crippen molar-refractivity contribution in [3.8, 4) is 0 Å². The number of carbonyl (C=O) groups excluding carboxylic acids is 2. The van der Waals surface area contributed by atoms with Crippen LogP contribution in [0.3, 0.4) is 0 Å². The molecule has 4 nitrogen and oxygen atoms in total. The van der Waals surface area contributed by atoms with Crippen molar-refractivity contribution in [2.75, 3.05) is 4.90 Å². The van der Waals surface area contributed by atoms with E-state index in [1.807, 2.05) is 0 Å². The van der Waals surface area contributed by atoms with Crippen molar-refractivity contribution in [2.24, 2.45) is 0 Å². The molecule has 118 valence electrons. The number of imide groups is 1. The molecule has 1 aliphatic heterocycles. The Morgan fingerprint density at radius 1 is 1.09 bits per heavy atom. The number of nitrogens with one attached hydrogen (secondary N) is 1. The molecular formula is C17H14ClFN2O2. The lowest BCUT2D eigenvalue weighted by atomic mass is 10.2. The molecule has 1 saturated heterocycles. The molecule has 1 N–H and O–H groups in total. The Balaban J connectivity index is 1.68. The lowest BCUT2D eigenvalue weighted by Gasteiger charge is -2.15. The third kappa shape index (κ3) is 3.41. The summed E-state index contributed by atoms with van der Waals surface area (Å²) in [6.45, 7) is 0.387. The van der Waals surface area contributed by atoms with Crippen LogP contribution in [0.2, 0.25) is 5.02 Å². The van der Waals surface area contributed by atoms with E-state index in [0.717, 1.165) is 5.56 Å². The summed E-state index contributed by atoms with van der Waals surface area (Å²) >= 11 is 5.82. The average molecular weight is 333 g/mol. The third-order valence-electron chi connectivity index (χ3n) is 3.70. The molecule has 1 heterocycles. The Labute approximate surface area is 137 Å². The molecule has 0 unspecified atom stereocenters. The topological polar surface area (TPSA) is 49.4 Å². The van der Waals surface area contributed by atoms with Gasteiger partial charge in [-0.25, -0.2) is 9.29 Å². The van der Waals surface area contributed by atoms with Gasteiger partial charge in [0.2, 0.25) is 5.91 Å². The van der Waals surface area contributed by atoms with Gasteiger partial charge in [0.25, 0.3) is 5.91 Å². The Morgan fingerprint density at radius 3 is 2.39 bits per heavy atom. The molecule has 6 heteroatoms. The minimum Gasteiger partial charge on any atom is -0.301 e. The van der Waals surface area contributed by atoms with Crippen LogP contribution in [0.15, 0.2) is 48.5 Å². The highest BCUT2D eigenvalue weighted by Gasteiger charge is 2.39. The summed E-state index contributed by atoms with van der Waals surface area (Å²) < 4.78 is 12.9. The van der Waals surface area contributed by atoms with E-state index in [0.29, 0.717) is 17.3 Å². The molecule has 2 aromatic rings. The fourth-order valence-corrected chi connectivity index (χ4v) is 2.62. The van der Waals surface area contributed by atoms with Gasteiger partial charge in [-0.05, 0) is 42.0 Å². The Bertz CT molecular complexity index is 731. The second kappa shape index (κ2) is 6.48. The maximum absolute atomic E-state index is 12.9. The minimum absolute atomic E-state index is 0.0999. The quantitative estimate of drug-likeness (QED) is 0.876. The molecule has 2 aromatic carbocycles. The number of nitrogens with zero attached hydrogens (tertiary/aromatic N) is 1. The fourth-order valence-electron chi connectivity index (χ4n) is 2.50. The van der Waals surface area contributed by atoms with Crippen LogP contribution < -0.4 is 10.2 Å². The standard InChI is InChI=1S/C17H14ClFN2O2/c18-12-3-7-14(8-4-12)21-16(22)9-15(17(21)23)20-10-11-1-5-13(19)6-2-11/h1-8,15,20H,9-10H2/t15-/m0/s1. The third-order valence-corrected chi connectivity index (χ3v) is 3.95. The number of halogens is 2. The molecule has 1 fully saturated rings. The van der Waals surface area contributed by atoms with Crippen LogP contribution in [0, 0.1) is 5.82 Å². The Morgan fingerprint density at radius 2 is 1.74 bits per heavy atom. The van der Waals surface area contributed by atoms with E-state index >= 15 is 0 Å². The van der Waals surface area contributed by atoms with Gasteiger partial charge in [0.05, 0.1) is 18.2 Å². The number of carbonyl (C=O) groups is 2. The fraction of sp³-hybridized carbons (Fsp3) is 0.176. The van der Waals surface area contributed by atoms with Crippen molar-refractivity contribution in [3.63, 3.8) is 0 Å². The SMILES string of the molecule is O=C1C[C@H](NCc2ccc(F)cc2)C(=O)N1c1ccc(Cl)cc1. The van der Waals surface area contributed by atoms with Gasteiger partial charge in [-0.1, -0.05) is 23.7 Å². The van der Waals surface area contributed by atoms with Crippen molar-refractivity contribution < 1.29 is 14.0 Å².